The first-order valence-corrected chi connectivity index (χ1v) is 9.98. The number of likely N-dealkylation sites (N-methyl/N-ethyl adjacent to an activating group) is 1. The molecule has 10 heteroatoms. The second-order valence-electron chi connectivity index (χ2n) is 6.41. The number of anilines is 3. The Balaban J connectivity index is 1.64. The van der Waals surface area contributed by atoms with E-state index in [1.54, 1.807) is 42.7 Å². The van der Waals surface area contributed by atoms with Gasteiger partial charge in [-0.15, -0.1) is 11.3 Å². The fraction of sp³-hybridized carbons (Fsp3) is 0.105. The number of hydrogen-bond acceptors (Lipinski definition) is 7. The van der Waals surface area contributed by atoms with Gasteiger partial charge in [-0.25, -0.2) is 15.0 Å². The van der Waals surface area contributed by atoms with Crippen LogP contribution in [0.1, 0.15) is 0 Å². The fourth-order valence-corrected chi connectivity index (χ4v) is 3.95. The van der Waals surface area contributed by atoms with Crippen molar-refractivity contribution < 1.29 is 4.79 Å². The summed E-state index contributed by atoms with van der Waals surface area (Å²) in [6, 6.07) is 7.31. The van der Waals surface area contributed by atoms with Gasteiger partial charge in [-0.05, 0) is 24.3 Å². The van der Waals surface area contributed by atoms with E-state index in [1.165, 1.54) is 11.3 Å². The summed E-state index contributed by atoms with van der Waals surface area (Å²) >= 11 is 7.53. The number of carbonyl (C=O) groups excluding carboxylic acids is 1. The zero-order valence-electron chi connectivity index (χ0n) is 15.2. The molecular weight excluding hydrogens is 410 g/mol. The largest absolute Gasteiger partial charge is 0.315 e. The van der Waals surface area contributed by atoms with Gasteiger partial charge in [-0.1, -0.05) is 11.6 Å². The van der Waals surface area contributed by atoms with Crippen molar-refractivity contribution in [2.45, 2.75) is 0 Å². The highest BCUT2D eigenvalue weighted by molar-refractivity contribution is 7.13. The average molecular weight is 424 g/mol. The quantitative estimate of drug-likeness (QED) is 0.539. The Hall–Kier alpha value is -3.30. The highest BCUT2D eigenvalue weighted by Crippen LogP contribution is 2.38. The minimum Gasteiger partial charge on any atom is -0.315 e. The van der Waals surface area contributed by atoms with Crippen molar-refractivity contribution in [1.29, 1.82) is 0 Å². The Kier molecular flexibility index (Phi) is 4.26. The van der Waals surface area contributed by atoms with Crippen LogP contribution in [0.3, 0.4) is 0 Å². The lowest BCUT2D eigenvalue weighted by Gasteiger charge is -2.34. The number of hydrogen-bond donors (Lipinski definition) is 1. The molecule has 144 valence electrons. The number of benzene rings is 1. The van der Waals surface area contributed by atoms with E-state index in [0.29, 0.717) is 22.4 Å². The third-order valence-electron chi connectivity index (χ3n) is 4.70. The lowest BCUT2D eigenvalue weighted by atomic mass is 10.2. The Bertz CT molecular complexity index is 1190. The van der Waals surface area contributed by atoms with E-state index in [0.717, 1.165) is 22.0 Å². The second-order valence-corrected chi connectivity index (χ2v) is 7.74. The molecule has 0 atom stereocenters. The number of nitrogens with one attached hydrogen (secondary N) is 1. The number of fused-ring (bicyclic) bond motifs is 1. The van der Waals surface area contributed by atoms with Crippen LogP contribution in [0.15, 0.2) is 48.2 Å². The predicted molar refractivity (Wildman–Crippen MR) is 113 cm³/mol. The second kappa shape index (κ2) is 6.94. The zero-order valence-corrected chi connectivity index (χ0v) is 16.8. The van der Waals surface area contributed by atoms with Crippen LogP contribution in [-0.4, -0.2) is 44.6 Å². The molecule has 5 rings (SSSR count). The molecule has 1 aliphatic heterocycles. The fourth-order valence-electron chi connectivity index (χ4n) is 3.18. The molecule has 4 heterocycles. The van der Waals surface area contributed by atoms with Gasteiger partial charge in [0.15, 0.2) is 11.6 Å². The summed E-state index contributed by atoms with van der Waals surface area (Å²) in [4.78, 5) is 29.6. The van der Waals surface area contributed by atoms with E-state index < -0.39 is 0 Å². The van der Waals surface area contributed by atoms with Crippen molar-refractivity contribution in [3.8, 4) is 22.1 Å². The van der Waals surface area contributed by atoms with Gasteiger partial charge >= 0.3 is 0 Å². The van der Waals surface area contributed by atoms with Gasteiger partial charge in [0.2, 0.25) is 5.91 Å². The van der Waals surface area contributed by atoms with Gasteiger partial charge in [0, 0.05) is 29.3 Å². The van der Waals surface area contributed by atoms with Crippen LogP contribution < -0.4 is 9.80 Å². The molecule has 4 aromatic rings. The molecule has 8 nitrogen and oxygen atoms in total. The monoisotopic (exact) mass is 423 g/mol. The highest BCUT2D eigenvalue weighted by Gasteiger charge is 2.30. The molecule has 1 N–H and O–H groups in total. The molecule has 1 amide bonds. The third kappa shape index (κ3) is 3.04. The maximum atomic E-state index is 12.5. The lowest BCUT2D eigenvalue weighted by molar-refractivity contribution is -0.117. The van der Waals surface area contributed by atoms with Gasteiger partial charge in [0.25, 0.3) is 0 Å². The molecule has 0 fully saturated rings. The number of thiazole rings is 1. The number of carbonyl (C=O) groups is 1. The first kappa shape index (κ1) is 17.8. The van der Waals surface area contributed by atoms with Crippen molar-refractivity contribution in [3.63, 3.8) is 0 Å². The van der Waals surface area contributed by atoms with Crippen molar-refractivity contribution in [2.75, 3.05) is 23.4 Å². The smallest absolute Gasteiger partial charge is 0.246 e. The molecule has 1 aromatic carbocycles. The molecule has 1 aliphatic rings. The van der Waals surface area contributed by atoms with E-state index in [-0.39, 0.29) is 12.5 Å². The van der Waals surface area contributed by atoms with Gasteiger partial charge in [0.05, 0.1) is 18.0 Å². The number of nitrogens with zero attached hydrogens (tertiary/aromatic N) is 6. The first-order valence-electron chi connectivity index (χ1n) is 8.72. The van der Waals surface area contributed by atoms with Crippen LogP contribution in [0.4, 0.5) is 17.2 Å². The summed E-state index contributed by atoms with van der Waals surface area (Å²) < 4.78 is 0. The topological polar surface area (TPSA) is 90.9 Å². The maximum absolute atomic E-state index is 12.5. The summed E-state index contributed by atoms with van der Waals surface area (Å²) in [5, 5.41) is 10.5. The molecule has 0 radical (unpaired) electrons. The normalized spacial score (nSPS) is 13.7. The minimum absolute atomic E-state index is 0.0458. The van der Waals surface area contributed by atoms with Gasteiger partial charge in [0.1, 0.15) is 22.9 Å². The average Bonchev–Trinajstić information content (AvgIpc) is 3.42. The van der Waals surface area contributed by atoms with Crippen LogP contribution in [0, 0.1) is 0 Å². The molecule has 29 heavy (non-hydrogen) atoms. The number of halogens is 1. The number of aromatic amines is 1. The van der Waals surface area contributed by atoms with Crippen molar-refractivity contribution >= 4 is 46.0 Å². The molecular formula is C19H14ClN7OS. The third-order valence-corrected chi connectivity index (χ3v) is 5.74. The number of H-pyrrole nitrogens is 1. The first-order chi connectivity index (χ1) is 14.1. The molecule has 0 saturated carbocycles. The maximum Gasteiger partial charge on any atom is 0.246 e. The lowest BCUT2D eigenvalue weighted by Crippen LogP contribution is -2.42. The van der Waals surface area contributed by atoms with E-state index in [4.69, 9.17) is 16.6 Å². The molecule has 0 unspecified atom stereocenters. The Morgan fingerprint density at radius 1 is 1.17 bits per heavy atom. The van der Waals surface area contributed by atoms with Crippen LogP contribution in [-0.2, 0) is 4.79 Å². The van der Waals surface area contributed by atoms with E-state index >= 15 is 0 Å². The van der Waals surface area contributed by atoms with E-state index in [1.807, 2.05) is 22.4 Å². The summed E-state index contributed by atoms with van der Waals surface area (Å²) in [5.74, 6) is 1.10. The standard InChI is InChI=1S/C19H14ClN7OS/c1-26-14-9-22-17(13-8-23-25-16(13)19-21-6-7-29-19)24-18(14)27(10-15(26)28)12-4-2-11(20)3-5-12/h2-9H,10H2,1H3,(H,23,25). The number of rotatable bonds is 3. The molecule has 0 bridgehead atoms. The van der Waals surface area contributed by atoms with Gasteiger partial charge < -0.3 is 9.80 Å². The number of aromatic nitrogens is 5. The highest BCUT2D eigenvalue weighted by atomic mass is 35.5. The van der Waals surface area contributed by atoms with Gasteiger partial charge in [-0.2, -0.15) is 5.10 Å². The van der Waals surface area contributed by atoms with Crippen LogP contribution >= 0.6 is 22.9 Å². The Morgan fingerprint density at radius 3 is 2.76 bits per heavy atom. The van der Waals surface area contributed by atoms with Crippen LogP contribution in [0.5, 0.6) is 0 Å². The van der Waals surface area contributed by atoms with Crippen LogP contribution in [0.25, 0.3) is 22.1 Å². The Labute approximate surface area is 174 Å². The zero-order chi connectivity index (χ0) is 20.0. The Morgan fingerprint density at radius 2 is 2.00 bits per heavy atom. The summed E-state index contributed by atoms with van der Waals surface area (Å²) in [5.41, 5.74) is 2.98. The summed E-state index contributed by atoms with van der Waals surface area (Å²) in [7, 11) is 1.72. The van der Waals surface area contributed by atoms with E-state index in [2.05, 4.69) is 20.2 Å². The molecule has 0 aliphatic carbocycles. The number of amides is 1. The van der Waals surface area contributed by atoms with Crippen molar-refractivity contribution in [2.24, 2.45) is 0 Å². The van der Waals surface area contributed by atoms with Crippen molar-refractivity contribution in [1.82, 2.24) is 25.1 Å². The molecule has 3 aromatic heterocycles. The summed E-state index contributed by atoms with van der Waals surface area (Å²) in [6.45, 7) is 0.173. The van der Waals surface area contributed by atoms with Gasteiger partial charge in [-0.3, -0.25) is 9.89 Å². The minimum atomic E-state index is -0.0458. The molecule has 0 spiro atoms. The van der Waals surface area contributed by atoms with E-state index in [9.17, 15) is 4.79 Å². The van der Waals surface area contributed by atoms with Crippen molar-refractivity contribution in [3.05, 3.63) is 53.3 Å². The predicted octanol–water partition coefficient (Wildman–Crippen LogP) is 3.76. The SMILES string of the molecule is CN1C(=O)CN(c2ccc(Cl)cc2)c2nc(-c3cn[nH]c3-c3nccs3)ncc21. The molecule has 0 saturated heterocycles. The van der Waals surface area contributed by atoms with Crippen LogP contribution in [0.2, 0.25) is 5.02 Å². The summed E-state index contributed by atoms with van der Waals surface area (Å²) in [6.07, 6.45) is 5.08.